The van der Waals surface area contributed by atoms with Crippen molar-refractivity contribution in [2.75, 3.05) is 16.6 Å². The molecule has 1 aliphatic carbocycles. The lowest BCUT2D eigenvalue weighted by molar-refractivity contribution is -0.0129. The summed E-state index contributed by atoms with van der Waals surface area (Å²) in [6, 6.07) is 7.48. The Kier molecular flexibility index (Phi) is 5.58. The molecule has 0 radical (unpaired) electrons. The molecule has 1 spiro atoms. The molecule has 7 nitrogen and oxygen atoms in total. The van der Waals surface area contributed by atoms with E-state index in [9.17, 15) is 27.4 Å². The van der Waals surface area contributed by atoms with Crippen molar-refractivity contribution in [1.29, 1.82) is 0 Å². The van der Waals surface area contributed by atoms with E-state index < -0.39 is 50.9 Å². The van der Waals surface area contributed by atoms with Crippen LogP contribution in [-0.4, -0.2) is 42.2 Å². The molecule has 4 N–H and O–H groups in total. The molecule has 0 amide bonds. The van der Waals surface area contributed by atoms with Crippen LogP contribution in [0.5, 0.6) is 5.75 Å². The molecule has 2 aliphatic rings. The molecule has 162 valence electrons. The van der Waals surface area contributed by atoms with E-state index in [1.807, 2.05) is 0 Å². The molecular weight excluding hydrogens is 533 g/mol. The zero-order valence-electron chi connectivity index (χ0n) is 15.5. The Labute approximate surface area is 185 Å². The first kappa shape index (κ1) is 21.5. The van der Waals surface area contributed by atoms with Crippen LogP contribution < -0.4 is 14.8 Å². The number of halogens is 3. The SMILES string of the molecule is O=S1(=O)Nc2c(cc(F)c(F)c2Nc2ccc(I)cc2)OCC(O)C(O)CC12CC2. The largest absolute Gasteiger partial charge is 0.488 e. The highest BCUT2D eigenvalue weighted by Crippen LogP contribution is 2.50. The molecule has 2 atom stereocenters. The minimum absolute atomic E-state index is 0.189. The Hall–Kier alpha value is -1.70. The lowest BCUT2D eigenvalue weighted by Gasteiger charge is -2.28. The molecular formula is C19H19F2IN2O5S. The number of sulfonamides is 1. The number of anilines is 3. The third kappa shape index (κ3) is 3.95. The first-order valence-electron chi connectivity index (χ1n) is 9.18. The molecule has 4 rings (SSSR count). The normalized spacial score (nSPS) is 24.3. The molecule has 0 bridgehead atoms. The van der Waals surface area contributed by atoms with Gasteiger partial charge >= 0.3 is 0 Å². The van der Waals surface area contributed by atoms with Crippen LogP contribution in [0.25, 0.3) is 0 Å². The van der Waals surface area contributed by atoms with Crippen LogP contribution in [-0.2, 0) is 10.0 Å². The Balaban J connectivity index is 1.84. The van der Waals surface area contributed by atoms with Gasteiger partial charge in [-0.3, -0.25) is 4.72 Å². The fourth-order valence-electron chi connectivity index (χ4n) is 3.38. The predicted octanol–water partition coefficient (Wildman–Crippen LogP) is 3.09. The van der Waals surface area contributed by atoms with Crippen molar-refractivity contribution in [2.45, 2.75) is 36.2 Å². The van der Waals surface area contributed by atoms with Gasteiger partial charge in [0.1, 0.15) is 29.8 Å². The van der Waals surface area contributed by atoms with Gasteiger partial charge < -0.3 is 20.3 Å². The van der Waals surface area contributed by atoms with Crippen molar-refractivity contribution >= 4 is 49.7 Å². The van der Waals surface area contributed by atoms with Crippen LogP contribution in [0.3, 0.4) is 0 Å². The highest BCUT2D eigenvalue weighted by Gasteiger charge is 2.56. The van der Waals surface area contributed by atoms with E-state index in [2.05, 4.69) is 32.6 Å². The minimum atomic E-state index is -4.10. The highest BCUT2D eigenvalue weighted by molar-refractivity contribution is 14.1. The van der Waals surface area contributed by atoms with Gasteiger partial charge in [-0.05, 0) is 66.1 Å². The van der Waals surface area contributed by atoms with Crippen LogP contribution in [0.15, 0.2) is 30.3 Å². The van der Waals surface area contributed by atoms with Crippen LogP contribution in [0, 0.1) is 15.2 Å². The number of aliphatic hydroxyl groups excluding tert-OH is 2. The molecule has 2 unspecified atom stereocenters. The zero-order valence-corrected chi connectivity index (χ0v) is 18.5. The third-order valence-corrected chi connectivity index (χ3v) is 8.25. The molecule has 1 aliphatic heterocycles. The van der Waals surface area contributed by atoms with Crippen LogP contribution >= 0.6 is 22.6 Å². The average Bonchev–Trinajstić information content (AvgIpc) is 3.48. The number of hydrogen-bond acceptors (Lipinski definition) is 6. The Morgan fingerprint density at radius 1 is 1.17 bits per heavy atom. The van der Waals surface area contributed by atoms with Crippen LogP contribution in [0.4, 0.5) is 25.8 Å². The molecule has 11 heteroatoms. The smallest absolute Gasteiger partial charge is 0.238 e. The van der Waals surface area contributed by atoms with Crippen molar-refractivity contribution in [1.82, 2.24) is 0 Å². The molecule has 0 saturated heterocycles. The van der Waals surface area contributed by atoms with Gasteiger partial charge in [-0.25, -0.2) is 17.2 Å². The van der Waals surface area contributed by atoms with Crippen molar-refractivity contribution in [3.05, 3.63) is 45.5 Å². The van der Waals surface area contributed by atoms with E-state index in [-0.39, 0.29) is 30.7 Å². The van der Waals surface area contributed by atoms with Crippen LogP contribution in [0.2, 0.25) is 0 Å². The van der Waals surface area contributed by atoms with E-state index in [0.29, 0.717) is 11.8 Å². The Morgan fingerprint density at radius 2 is 1.83 bits per heavy atom. The number of ether oxygens (including phenoxy) is 1. The van der Waals surface area contributed by atoms with Gasteiger partial charge in [0.15, 0.2) is 11.6 Å². The maximum atomic E-state index is 14.8. The van der Waals surface area contributed by atoms with Crippen molar-refractivity contribution in [2.24, 2.45) is 0 Å². The molecule has 0 aromatic heterocycles. The van der Waals surface area contributed by atoms with Gasteiger partial charge in [0.25, 0.3) is 0 Å². The van der Waals surface area contributed by atoms with Gasteiger partial charge in [0.2, 0.25) is 10.0 Å². The van der Waals surface area contributed by atoms with E-state index >= 15 is 0 Å². The summed E-state index contributed by atoms with van der Waals surface area (Å²) in [4.78, 5) is 0. The first-order valence-corrected chi connectivity index (χ1v) is 11.7. The second-order valence-corrected chi connectivity index (χ2v) is 10.8. The van der Waals surface area contributed by atoms with Gasteiger partial charge in [0, 0.05) is 15.3 Å². The number of aliphatic hydroxyl groups is 2. The maximum Gasteiger partial charge on any atom is 0.238 e. The molecule has 2 aromatic rings. The summed E-state index contributed by atoms with van der Waals surface area (Å²) in [7, 11) is -4.10. The number of nitrogens with one attached hydrogen (secondary N) is 2. The lowest BCUT2D eigenvalue weighted by Crippen LogP contribution is -2.41. The second-order valence-electron chi connectivity index (χ2n) is 7.49. The molecule has 1 fully saturated rings. The minimum Gasteiger partial charge on any atom is -0.488 e. The van der Waals surface area contributed by atoms with Crippen molar-refractivity contribution in [3.8, 4) is 5.75 Å². The Bertz CT molecular complexity index is 1080. The first-order chi connectivity index (χ1) is 14.1. The van der Waals surface area contributed by atoms with Crippen molar-refractivity contribution < 1.29 is 32.1 Å². The van der Waals surface area contributed by atoms with Crippen LogP contribution in [0.1, 0.15) is 19.3 Å². The molecule has 1 heterocycles. The topological polar surface area (TPSA) is 108 Å². The molecule has 1 saturated carbocycles. The number of fused-ring (bicyclic) bond motifs is 1. The molecule has 2 aromatic carbocycles. The summed E-state index contributed by atoms with van der Waals surface area (Å²) >= 11 is 2.09. The monoisotopic (exact) mass is 552 g/mol. The quantitative estimate of drug-likeness (QED) is 0.427. The predicted molar refractivity (Wildman–Crippen MR) is 115 cm³/mol. The van der Waals surface area contributed by atoms with E-state index in [4.69, 9.17) is 4.74 Å². The van der Waals surface area contributed by atoms with Gasteiger partial charge in [-0.15, -0.1) is 0 Å². The number of benzene rings is 2. The van der Waals surface area contributed by atoms with Gasteiger partial charge in [-0.1, -0.05) is 0 Å². The maximum absolute atomic E-state index is 14.8. The van der Waals surface area contributed by atoms with Gasteiger partial charge in [0.05, 0.1) is 10.9 Å². The van der Waals surface area contributed by atoms with E-state index in [1.54, 1.807) is 24.3 Å². The summed E-state index contributed by atoms with van der Waals surface area (Å²) < 4.78 is 62.5. The summed E-state index contributed by atoms with van der Waals surface area (Å²) in [5.41, 5.74) is -0.307. The fraction of sp³-hybridized carbons (Fsp3) is 0.368. The summed E-state index contributed by atoms with van der Waals surface area (Å²) in [6.07, 6.45) is -2.34. The third-order valence-electron chi connectivity index (χ3n) is 5.35. The van der Waals surface area contributed by atoms with E-state index in [0.717, 1.165) is 3.57 Å². The summed E-state index contributed by atoms with van der Waals surface area (Å²) in [5.74, 6) is -2.83. The van der Waals surface area contributed by atoms with Gasteiger partial charge in [-0.2, -0.15) is 0 Å². The highest BCUT2D eigenvalue weighted by atomic mass is 127. The molecule has 30 heavy (non-hydrogen) atoms. The Morgan fingerprint density at radius 3 is 2.47 bits per heavy atom. The lowest BCUT2D eigenvalue weighted by atomic mass is 10.1. The average molecular weight is 552 g/mol. The number of hydrogen-bond donors (Lipinski definition) is 4. The second kappa shape index (κ2) is 7.77. The van der Waals surface area contributed by atoms with Crippen molar-refractivity contribution in [3.63, 3.8) is 0 Å². The summed E-state index contributed by atoms with van der Waals surface area (Å²) in [6.45, 7) is -0.417. The number of rotatable bonds is 2. The fourth-order valence-corrected chi connectivity index (χ4v) is 5.46. The standard InChI is InChI=1S/C19H19F2IN2O5S/c20-12-7-15-17(18(16(12)21)23-11-3-1-10(22)2-4-11)24-30(27,28)19(5-6-19)8-13(25)14(26)9-29-15/h1-4,7,13-14,23-26H,5-6,8-9H2. The summed E-state index contributed by atoms with van der Waals surface area (Å²) in [5, 5.41) is 23.0. The van der Waals surface area contributed by atoms with E-state index in [1.165, 1.54) is 0 Å². The zero-order chi connectivity index (χ0) is 21.7.